The van der Waals surface area contributed by atoms with E-state index in [-0.39, 0.29) is 18.0 Å². The molecule has 0 radical (unpaired) electrons. The van der Waals surface area contributed by atoms with E-state index in [4.69, 9.17) is 0 Å². The van der Waals surface area contributed by atoms with Crippen LogP contribution in [-0.4, -0.2) is 44.9 Å². The summed E-state index contributed by atoms with van der Waals surface area (Å²) >= 11 is 0. The fourth-order valence-electron chi connectivity index (χ4n) is 4.07. The first kappa shape index (κ1) is 20.6. The van der Waals surface area contributed by atoms with Gasteiger partial charge in [-0.3, -0.25) is 9.69 Å². The van der Waals surface area contributed by atoms with E-state index in [1.807, 2.05) is 17.3 Å². The normalized spacial score (nSPS) is 17.0. The highest BCUT2D eigenvalue weighted by molar-refractivity contribution is 5.83. The van der Waals surface area contributed by atoms with E-state index in [2.05, 4.69) is 66.4 Å². The number of imidazole rings is 1. The zero-order chi connectivity index (χ0) is 20.1. The summed E-state index contributed by atoms with van der Waals surface area (Å²) in [4.78, 5) is 22.7. The number of aromatic nitrogens is 2. The molecule has 0 aliphatic carbocycles. The fourth-order valence-corrected chi connectivity index (χ4v) is 4.07. The smallest absolute Gasteiger partial charge is 0.246 e. The molecule has 0 saturated carbocycles. The maximum Gasteiger partial charge on any atom is 0.246 e. The number of rotatable bonds is 8. The van der Waals surface area contributed by atoms with Crippen molar-refractivity contribution in [2.24, 2.45) is 0 Å². The topological polar surface area (TPSA) is 41.4 Å². The number of fused-ring (bicyclic) bond motifs is 1. The molecule has 152 valence electrons. The van der Waals surface area contributed by atoms with Crippen molar-refractivity contribution in [3.05, 3.63) is 53.6 Å². The molecule has 0 saturated heterocycles. The Hall–Kier alpha value is -2.14. The average molecular weight is 383 g/mol. The van der Waals surface area contributed by atoms with Crippen LogP contribution in [0.3, 0.4) is 0 Å². The van der Waals surface area contributed by atoms with Gasteiger partial charge in [-0.1, -0.05) is 43.7 Å². The number of amides is 1. The molecular weight excluding hydrogens is 348 g/mol. The maximum absolute atomic E-state index is 13.7. The summed E-state index contributed by atoms with van der Waals surface area (Å²) in [6, 6.07) is 10.5. The number of likely N-dealkylation sites (N-methyl/N-ethyl adjacent to an activating group) is 1. The number of carbonyl (C=O) groups excluding carboxylic acids is 1. The van der Waals surface area contributed by atoms with Crippen LogP contribution in [0.25, 0.3) is 0 Å². The predicted octanol–water partition coefficient (Wildman–Crippen LogP) is 4.21. The number of carbonyl (C=O) groups is 1. The molecule has 0 bridgehead atoms. The lowest BCUT2D eigenvalue weighted by Gasteiger charge is -2.38. The lowest BCUT2D eigenvalue weighted by molar-refractivity contribution is -0.138. The SMILES string of the molecule is CCCCN(CC)C(=O)[C@H]1c2c(ncn2C(C)C)CCN1Cc1ccccc1. The Morgan fingerprint density at radius 3 is 2.64 bits per heavy atom. The minimum atomic E-state index is -0.259. The monoisotopic (exact) mass is 382 g/mol. The van der Waals surface area contributed by atoms with E-state index in [0.717, 1.165) is 56.8 Å². The zero-order valence-electron chi connectivity index (χ0n) is 17.8. The van der Waals surface area contributed by atoms with Gasteiger partial charge in [-0.15, -0.1) is 0 Å². The second-order valence-electron chi connectivity index (χ2n) is 7.96. The van der Waals surface area contributed by atoms with Crippen molar-refractivity contribution in [3.8, 4) is 0 Å². The summed E-state index contributed by atoms with van der Waals surface area (Å²) in [7, 11) is 0. The standard InChI is InChI=1S/C23H34N4O/c1-5-7-14-25(6-2)23(28)22-21-20(24-17-27(21)18(3)4)13-15-26(22)16-19-11-9-8-10-12-19/h8-12,17-18,22H,5-7,13-16H2,1-4H3/t22-/m1/s1. The van der Waals surface area contributed by atoms with Gasteiger partial charge in [0.25, 0.3) is 0 Å². The molecule has 5 nitrogen and oxygen atoms in total. The van der Waals surface area contributed by atoms with Gasteiger partial charge in [-0.25, -0.2) is 4.98 Å². The van der Waals surface area contributed by atoms with E-state index in [1.165, 1.54) is 5.56 Å². The molecule has 2 aromatic rings. The Morgan fingerprint density at radius 2 is 2.00 bits per heavy atom. The Kier molecular flexibility index (Phi) is 6.89. The first-order chi connectivity index (χ1) is 13.6. The van der Waals surface area contributed by atoms with Crippen molar-refractivity contribution in [1.29, 1.82) is 0 Å². The van der Waals surface area contributed by atoms with Gasteiger partial charge in [0, 0.05) is 38.6 Å². The Balaban J connectivity index is 1.97. The lowest BCUT2D eigenvalue weighted by Crippen LogP contribution is -2.47. The van der Waals surface area contributed by atoms with Gasteiger partial charge >= 0.3 is 0 Å². The first-order valence-corrected chi connectivity index (χ1v) is 10.7. The number of unbranched alkanes of at least 4 members (excludes halogenated alkanes) is 1. The van der Waals surface area contributed by atoms with Gasteiger partial charge in [0.2, 0.25) is 5.91 Å². The molecule has 1 aliphatic heterocycles. The molecule has 1 aromatic carbocycles. The third-order valence-electron chi connectivity index (χ3n) is 5.67. The Bertz CT molecular complexity index is 768. The summed E-state index contributed by atoms with van der Waals surface area (Å²) in [5, 5.41) is 0. The predicted molar refractivity (Wildman–Crippen MR) is 113 cm³/mol. The zero-order valence-corrected chi connectivity index (χ0v) is 17.8. The molecule has 1 amide bonds. The summed E-state index contributed by atoms with van der Waals surface area (Å²) in [5.74, 6) is 0.218. The maximum atomic E-state index is 13.7. The number of hydrogen-bond acceptors (Lipinski definition) is 3. The van der Waals surface area contributed by atoms with Crippen molar-refractivity contribution in [2.75, 3.05) is 19.6 Å². The van der Waals surface area contributed by atoms with Crippen LogP contribution < -0.4 is 0 Å². The van der Waals surface area contributed by atoms with Crippen LogP contribution in [-0.2, 0) is 17.8 Å². The summed E-state index contributed by atoms with van der Waals surface area (Å²) < 4.78 is 2.20. The van der Waals surface area contributed by atoms with Crippen molar-refractivity contribution >= 4 is 5.91 Å². The minimum absolute atomic E-state index is 0.218. The van der Waals surface area contributed by atoms with Gasteiger partial charge in [0.15, 0.2) is 0 Å². The van der Waals surface area contributed by atoms with Gasteiger partial charge < -0.3 is 9.47 Å². The van der Waals surface area contributed by atoms with Gasteiger partial charge in [0.1, 0.15) is 6.04 Å². The van der Waals surface area contributed by atoms with E-state index >= 15 is 0 Å². The van der Waals surface area contributed by atoms with Crippen LogP contribution in [0.4, 0.5) is 0 Å². The largest absolute Gasteiger partial charge is 0.341 e. The lowest BCUT2D eigenvalue weighted by atomic mass is 9.99. The van der Waals surface area contributed by atoms with Crippen LogP contribution in [0.15, 0.2) is 36.7 Å². The van der Waals surface area contributed by atoms with Crippen molar-refractivity contribution < 1.29 is 4.79 Å². The molecule has 1 atom stereocenters. The molecule has 3 rings (SSSR count). The average Bonchev–Trinajstić information content (AvgIpc) is 3.13. The highest BCUT2D eigenvalue weighted by atomic mass is 16.2. The van der Waals surface area contributed by atoms with E-state index in [9.17, 15) is 4.79 Å². The molecule has 2 heterocycles. The summed E-state index contributed by atoms with van der Waals surface area (Å²) in [6.07, 6.45) is 4.95. The van der Waals surface area contributed by atoms with Crippen molar-refractivity contribution in [1.82, 2.24) is 19.4 Å². The molecule has 5 heteroatoms. The van der Waals surface area contributed by atoms with Crippen LogP contribution in [0.5, 0.6) is 0 Å². The van der Waals surface area contributed by atoms with E-state index in [0.29, 0.717) is 0 Å². The van der Waals surface area contributed by atoms with Crippen LogP contribution >= 0.6 is 0 Å². The fraction of sp³-hybridized carbons (Fsp3) is 0.565. The molecule has 0 unspecified atom stereocenters. The quantitative estimate of drug-likeness (QED) is 0.687. The molecule has 0 N–H and O–H groups in total. The summed E-state index contributed by atoms with van der Waals surface area (Å²) in [6.45, 7) is 11.8. The Labute approximate surface area is 169 Å². The third kappa shape index (κ3) is 4.30. The number of benzene rings is 1. The molecular formula is C23H34N4O. The molecule has 0 spiro atoms. The van der Waals surface area contributed by atoms with Crippen molar-refractivity contribution in [2.45, 2.75) is 65.6 Å². The van der Waals surface area contributed by atoms with E-state index in [1.54, 1.807) is 0 Å². The van der Waals surface area contributed by atoms with Gasteiger partial charge in [-0.05, 0) is 32.8 Å². The van der Waals surface area contributed by atoms with Gasteiger partial charge in [-0.2, -0.15) is 0 Å². The van der Waals surface area contributed by atoms with Gasteiger partial charge in [0.05, 0.1) is 17.7 Å². The number of hydrogen-bond donors (Lipinski definition) is 0. The highest BCUT2D eigenvalue weighted by Gasteiger charge is 2.38. The molecule has 1 aliphatic rings. The second-order valence-corrected chi connectivity index (χ2v) is 7.96. The molecule has 28 heavy (non-hydrogen) atoms. The van der Waals surface area contributed by atoms with Crippen LogP contribution in [0.2, 0.25) is 0 Å². The van der Waals surface area contributed by atoms with Crippen LogP contribution in [0, 0.1) is 0 Å². The molecule has 0 fully saturated rings. The first-order valence-electron chi connectivity index (χ1n) is 10.7. The molecule has 1 aromatic heterocycles. The highest BCUT2D eigenvalue weighted by Crippen LogP contribution is 2.34. The minimum Gasteiger partial charge on any atom is -0.341 e. The van der Waals surface area contributed by atoms with Crippen molar-refractivity contribution in [3.63, 3.8) is 0 Å². The third-order valence-corrected chi connectivity index (χ3v) is 5.67. The Morgan fingerprint density at radius 1 is 1.25 bits per heavy atom. The number of nitrogens with zero attached hydrogens (tertiary/aromatic N) is 4. The summed E-state index contributed by atoms with van der Waals surface area (Å²) in [5.41, 5.74) is 3.43. The van der Waals surface area contributed by atoms with E-state index < -0.39 is 0 Å². The second kappa shape index (κ2) is 9.37. The van der Waals surface area contributed by atoms with Crippen LogP contribution in [0.1, 0.15) is 69.6 Å².